The Balaban J connectivity index is 2.35. The normalized spacial score (nSPS) is 27.6. The fraction of sp³-hybridized carbons (Fsp3) is 0.929. The van der Waals surface area contributed by atoms with E-state index in [0.717, 1.165) is 5.92 Å². The van der Waals surface area contributed by atoms with E-state index in [1.54, 1.807) is 0 Å². The third-order valence-electron chi connectivity index (χ3n) is 3.99. The van der Waals surface area contributed by atoms with Crippen molar-refractivity contribution in [1.82, 2.24) is 5.32 Å². The molecule has 100 valence electrons. The Morgan fingerprint density at radius 1 is 1.24 bits per heavy atom. The van der Waals surface area contributed by atoms with E-state index in [-0.39, 0.29) is 12.0 Å². The van der Waals surface area contributed by atoms with E-state index in [1.807, 2.05) is 6.92 Å². The molecule has 1 saturated carbocycles. The first-order valence-electron chi connectivity index (χ1n) is 6.68. The molecule has 0 heterocycles. The maximum absolute atomic E-state index is 11.3. The number of carbonyl (C=O) groups is 1. The number of hydrogen-bond acceptors (Lipinski definition) is 3. The van der Waals surface area contributed by atoms with E-state index in [0.29, 0.717) is 11.5 Å². The summed E-state index contributed by atoms with van der Waals surface area (Å²) >= 11 is 0. The van der Waals surface area contributed by atoms with Gasteiger partial charge in [-0.2, -0.15) is 0 Å². The summed E-state index contributed by atoms with van der Waals surface area (Å²) in [6.07, 6.45) is 4.86. The summed E-state index contributed by atoms with van der Waals surface area (Å²) in [5, 5.41) is 3.37. The summed E-state index contributed by atoms with van der Waals surface area (Å²) in [5.74, 6) is 0.650. The van der Waals surface area contributed by atoms with Gasteiger partial charge in [-0.05, 0) is 43.9 Å². The van der Waals surface area contributed by atoms with Crippen LogP contribution in [0.15, 0.2) is 0 Å². The van der Waals surface area contributed by atoms with Crippen molar-refractivity contribution in [2.75, 3.05) is 7.11 Å². The van der Waals surface area contributed by atoms with Crippen molar-refractivity contribution in [3.63, 3.8) is 0 Å². The van der Waals surface area contributed by atoms with Crippen molar-refractivity contribution in [3.8, 4) is 0 Å². The number of nitrogens with one attached hydrogen (secondary N) is 1. The quantitative estimate of drug-likeness (QED) is 0.772. The molecule has 17 heavy (non-hydrogen) atoms. The molecular formula is C14H27NO2. The van der Waals surface area contributed by atoms with Gasteiger partial charge in [0, 0.05) is 6.04 Å². The predicted octanol–water partition coefficient (Wildman–Crippen LogP) is 2.74. The molecule has 1 aliphatic carbocycles. The minimum atomic E-state index is -0.184. The van der Waals surface area contributed by atoms with Gasteiger partial charge in [0.2, 0.25) is 0 Å². The lowest BCUT2D eigenvalue weighted by atomic mass is 9.71. The van der Waals surface area contributed by atoms with Gasteiger partial charge in [-0.15, -0.1) is 0 Å². The lowest BCUT2D eigenvalue weighted by molar-refractivity contribution is -0.142. The lowest BCUT2D eigenvalue weighted by Gasteiger charge is -2.37. The Bertz CT molecular complexity index is 249. The highest BCUT2D eigenvalue weighted by Gasteiger charge is 2.30. The molecular weight excluding hydrogens is 214 g/mol. The van der Waals surface area contributed by atoms with E-state index in [9.17, 15) is 4.79 Å². The average molecular weight is 241 g/mol. The summed E-state index contributed by atoms with van der Waals surface area (Å²) in [6, 6.07) is 0.291. The third kappa shape index (κ3) is 4.30. The van der Waals surface area contributed by atoms with Gasteiger partial charge in [0.05, 0.1) is 7.11 Å². The van der Waals surface area contributed by atoms with Crippen molar-refractivity contribution in [2.45, 2.75) is 65.5 Å². The minimum Gasteiger partial charge on any atom is -0.468 e. The van der Waals surface area contributed by atoms with Crippen LogP contribution >= 0.6 is 0 Å². The molecule has 1 atom stereocenters. The van der Waals surface area contributed by atoms with Crippen LogP contribution in [0.2, 0.25) is 0 Å². The topological polar surface area (TPSA) is 38.3 Å². The largest absolute Gasteiger partial charge is 0.468 e. The summed E-state index contributed by atoms with van der Waals surface area (Å²) in [5.41, 5.74) is 0.416. The van der Waals surface area contributed by atoms with Crippen LogP contribution in [-0.2, 0) is 9.53 Å². The zero-order chi connectivity index (χ0) is 13.1. The van der Waals surface area contributed by atoms with E-state index >= 15 is 0 Å². The standard InChI is InChI=1S/C14H27NO2/c1-10(13(16)17-5)15-12-8-6-11(7-9-12)14(2,3)4/h10-12,15H,6-9H2,1-5H3/t10-,11?,12?/m0/s1. The molecule has 1 rings (SSSR count). The highest BCUT2D eigenvalue weighted by atomic mass is 16.5. The Morgan fingerprint density at radius 3 is 2.18 bits per heavy atom. The van der Waals surface area contributed by atoms with Crippen LogP contribution in [0.1, 0.15) is 53.4 Å². The van der Waals surface area contributed by atoms with E-state index < -0.39 is 0 Å². The summed E-state index contributed by atoms with van der Waals surface area (Å²) in [7, 11) is 1.44. The van der Waals surface area contributed by atoms with Gasteiger partial charge in [-0.25, -0.2) is 0 Å². The second-order valence-corrected chi connectivity index (χ2v) is 6.33. The first kappa shape index (κ1) is 14.5. The van der Waals surface area contributed by atoms with Gasteiger partial charge < -0.3 is 10.1 Å². The van der Waals surface area contributed by atoms with Crippen LogP contribution in [0, 0.1) is 11.3 Å². The molecule has 1 fully saturated rings. The Kier molecular flexibility index (Phi) is 4.99. The summed E-state index contributed by atoms with van der Waals surface area (Å²) in [6.45, 7) is 8.84. The molecule has 0 aromatic rings. The summed E-state index contributed by atoms with van der Waals surface area (Å²) in [4.78, 5) is 11.3. The van der Waals surface area contributed by atoms with Crippen LogP contribution in [0.4, 0.5) is 0 Å². The molecule has 3 nitrogen and oxygen atoms in total. The monoisotopic (exact) mass is 241 g/mol. The second kappa shape index (κ2) is 5.85. The third-order valence-corrected chi connectivity index (χ3v) is 3.99. The van der Waals surface area contributed by atoms with Crippen LogP contribution in [0.25, 0.3) is 0 Å². The minimum absolute atomic E-state index is 0.164. The zero-order valence-corrected chi connectivity index (χ0v) is 11.9. The number of methoxy groups -OCH3 is 1. The van der Waals surface area contributed by atoms with Crippen molar-refractivity contribution >= 4 is 5.97 Å². The Labute approximate surface area is 105 Å². The van der Waals surface area contributed by atoms with Crippen LogP contribution in [0.5, 0.6) is 0 Å². The molecule has 0 aromatic carbocycles. The second-order valence-electron chi connectivity index (χ2n) is 6.33. The molecule has 3 heteroatoms. The lowest BCUT2D eigenvalue weighted by Crippen LogP contribution is -2.44. The molecule has 0 bridgehead atoms. The van der Waals surface area contributed by atoms with Crippen LogP contribution in [0.3, 0.4) is 0 Å². The van der Waals surface area contributed by atoms with Crippen LogP contribution < -0.4 is 5.32 Å². The zero-order valence-electron chi connectivity index (χ0n) is 11.9. The molecule has 0 spiro atoms. The van der Waals surface area contributed by atoms with Gasteiger partial charge in [0.15, 0.2) is 0 Å². The molecule has 0 amide bonds. The number of hydrogen-bond donors (Lipinski definition) is 1. The Morgan fingerprint density at radius 2 is 1.76 bits per heavy atom. The highest BCUT2D eigenvalue weighted by molar-refractivity contribution is 5.75. The van der Waals surface area contributed by atoms with Gasteiger partial charge in [0.1, 0.15) is 6.04 Å². The highest BCUT2D eigenvalue weighted by Crippen LogP contribution is 2.37. The maximum Gasteiger partial charge on any atom is 0.322 e. The maximum atomic E-state index is 11.3. The smallest absolute Gasteiger partial charge is 0.322 e. The molecule has 0 aliphatic heterocycles. The Hall–Kier alpha value is -0.570. The fourth-order valence-electron chi connectivity index (χ4n) is 2.72. The van der Waals surface area contributed by atoms with Gasteiger partial charge in [-0.3, -0.25) is 4.79 Å². The number of rotatable bonds is 3. The fourth-order valence-corrected chi connectivity index (χ4v) is 2.72. The molecule has 1 aliphatic rings. The predicted molar refractivity (Wildman–Crippen MR) is 69.8 cm³/mol. The SMILES string of the molecule is COC(=O)[C@H](C)NC1CCC(C(C)(C)C)CC1. The van der Waals surface area contributed by atoms with Gasteiger partial charge in [0.25, 0.3) is 0 Å². The van der Waals surface area contributed by atoms with E-state index in [4.69, 9.17) is 4.74 Å². The molecule has 0 saturated heterocycles. The first-order chi connectivity index (χ1) is 7.84. The van der Waals surface area contributed by atoms with Gasteiger partial charge in [-0.1, -0.05) is 20.8 Å². The van der Waals surface area contributed by atoms with Crippen molar-refractivity contribution < 1.29 is 9.53 Å². The van der Waals surface area contributed by atoms with Crippen molar-refractivity contribution in [1.29, 1.82) is 0 Å². The van der Waals surface area contributed by atoms with E-state index in [1.165, 1.54) is 32.8 Å². The molecule has 0 radical (unpaired) electrons. The summed E-state index contributed by atoms with van der Waals surface area (Å²) < 4.78 is 4.73. The van der Waals surface area contributed by atoms with Gasteiger partial charge >= 0.3 is 5.97 Å². The van der Waals surface area contributed by atoms with E-state index in [2.05, 4.69) is 26.1 Å². The first-order valence-corrected chi connectivity index (χ1v) is 6.68. The number of carbonyl (C=O) groups excluding carboxylic acids is 1. The average Bonchev–Trinajstić information content (AvgIpc) is 2.27. The van der Waals surface area contributed by atoms with Crippen molar-refractivity contribution in [2.24, 2.45) is 11.3 Å². The van der Waals surface area contributed by atoms with Crippen molar-refractivity contribution in [3.05, 3.63) is 0 Å². The molecule has 0 unspecified atom stereocenters. The molecule has 1 N–H and O–H groups in total. The van der Waals surface area contributed by atoms with Crippen LogP contribution in [-0.4, -0.2) is 25.2 Å². The number of esters is 1. The number of ether oxygens (including phenoxy) is 1. The molecule has 0 aromatic heterocycles.